The lowest BCUT2D eigenvalue weighted by Gasteiger charge is -2.26. The molecule has 3 rings (SSSR count). The van der Waals surface area contributed by atoms with Gasteiger partial charge < -0.3 is 5.73 Å². The van der Waals surface area contributed by atoms with E-state index < -0.39 is 0 Å². The van der Waals surface area contributed by atoms with E-state index >= 15 is 0 Å². The molecule has 1 aliphatic rings. The lowest BCUT2D eigenvalue weighted by molar-refractivity contribution is 0.247. The molecule has 0 aromatic heterocycles. The van der Waals surface area contributed by atoms with Gasteiger partial charge in [-0.2, -0.15) is 0 Å². The second-order valence-electron chi connectivity index (χ2n) is 5.66. The molecule has 21 heavy (non-hydrogen) atoms. The van der Waals surface area contributed by atoms with Gasteiger partial charge in [-0.3, -0.25) is 4.90 Å². The molecule has 0 aliphatic carbocycles. The first-order chi connectivity index (χ1) is 10.3. The van der Waals surface area contributed by atoms with Crippen LogP contribution in [-0.2, 0) is 13.1 Å². The summed E-state index contributed by atoms with van der Waals surface area (Å²) in [6.45, 7) is 2.28. The van der Waals surface area contributed by atoms with Gasteiger partial charge in [-0.25, -0.2) is 4.39 Å². The average Bonchev–Trinajstić information content (AvgIpc) is 2.96. The number of hydrogen-bond acceptors (Lipinski definition) is 2. The van der Waals surface area contributed by atoms with Crippen molar-refractivity contribution in [2.24, 2.45) is 5.73 Å². The minimum atomic E-state index is -0.183. The Balaban J connectivity index is 1.82. The lowest BCUT2D eigenvalue weighted by Crippen LogP contribution is -2.23. The second kappa shape index (κ2) is 6.37. The van der Waals surface area contributed by atoms with Crippen molar-refractivity contribution in [2.45, 2.75) is 32.0 Å². The molecule has 0 saturated carbocycles. The predicted molar refractivity (Wildman–Crippen MR) is 83.1 cm³/mol. The maximum absolute atomic E-state index is 13.5. The van der Waals surface area contributed by atoms with Crippen molar-refractivity contribution in [3.8, 4) is 0 Å². The van der Waals surface area contributed by atoms with Gasteiger partial charge in [0.15, 0.2) is 0 Å². The maximum atomic E-state index is 13.5. The molecule has 2 N–H and O–H groups in total. The zero-order chi connectivity index (χ0) is 14.7. The maximum Gasteiger partial charge on any atom is 0.123 e. The van der Waals surface area contributed by atoms with Crippen LogP contribution in [0.4, 0.5) is 4.39 Å². The van der Waals surface area contributed by atoms with Crippen molar-refractivity contribution >= 4 is 0 Å². The Labute approximate surface area is 125 Å². The van der Waals surface area contributed by atoms with Gasteiger partial charge in [0.1, 0.15) is 5.82 Å². The van der Waals surface area contributed by atoms with Crippen LogP contribution < -0.4 is 5.73 Å². The second-order valence-corrected chi connectivity index (χ2v) is 5.66. The fourth-order valence-corrected chi connectivity index (χ4v) is 3.23. The van der Waals surface area contributed by atoms with E-state index in [1.165, 1.54) is 18.1 Å². The average molecular weight is 284 g/mol. The molecule has 0 bridgehead atoms. The highest BCUT2D eigenvalue weighted by Crippen LogP contribution is 2.33. The summed E-state index contributed by atoms with van der Waals surface area (Å²) in [6.07, 6.45) is 2.35. The smallest absolute Gasteiger partial charge is 0.123 e. The molecule has 0 amide bonds. The summed E-state index contributed by atoms with van der Waals surface area (Å²) in [7, 11) is 0. The molecule has 0 radical (unpaired) electrons. The number of nitrogens with two attached hydrogens (primary N) is 1. The molecular formula is C18H21FN2. The summed E-state index contributed by atoms with van der Waals surface area (Å²) in [5.74, 6) is -0.183. The Morgan fingerprint density at radius 2 is 1.90 bits per heavy atom. The van der Waals surface area contributed by atoms with Crippen LogP contribution in [0.25, 0.3) is 0 Å². The highest BCUT2D eigenvalue weighted by molar-refractivity contribution is 5.28. The lowest BCUT2D eigenvalue weighted by atomic mass is 10.0. The summed E-state index contributed by atoms with van der Waals surface area (Å²) in [5, 5.41) is 0. The van der Waals surface area contributed by atoms with Gasteiger partial charge >= 0.3 is 0 Å². The van der Waals surface area contributed by atoms with E-state index in [1.54, 1.807) is 12.1 Å². The van der Waals surface area contributed by atoms with Gasteiger partial charge in [0.25, 0.3) is 0 Å². The van der Waals surface area contributed by atoms with Crippen LogP contribution in [0.3, 0.4) is 0 Å². The SMILES string of the molecule is NCc1ccc(F)cc1CN1CCCC1c1ccccc1. The van der Waals surface area contributed by atoms with Gasteiger partial charge in [-0.05, 0) is 48.2 Å². The molecule has 1 aliphatic heterocycles. The van der Waals surface area contributed by atoms with Crippen LogP contribution in [0, 0.1) is 5.82 Å². The summed E-state index contributed by atoms with van der Waals surface area (Å²) >= 11 is 0. The Kier molecular flexibility index (Phi) is 4.32. The minimum Gasteiger partial charge on any atom is -0.326 e. The molecule has 2 nitrogen and oxygen atoms in total. The first-order valence-electron chi connectivity index (χ1n) is 7.54. The van der Waals surface area contributed by atoms with Gasteiger partial charge in [0.05, 0.1) is 0 Å². The Morgan fingerprint density at radius 3 is 2.67 bits per heavy atom. The van der Waals surface area contributed by atoms with Gasteiger partial charge in [0, 0.05) is 19.1 Å². The third-order valence-corrected chi connectivity index (χ3v) is 4.31. The van der Waals surface area contributed by atoms with E-state index in [-0.39, 0.29) is 5.82 Å². The fraction of sp³-hybridized carbons (Fsp3) is 0.333. The number of likely N-dealkylation sites (tertiary alicyclic amines) is 1. The van der Waals surface area contributed by atoms with Gasteiger partial charge in [0.2, 0.25) is 0 Å². The van der Waals surface area contributed by atoms with E-state index in [4.69, 9.17) is 5.73 Å². The molecule has 2 aromatic carbocycles. The summed E-state index contributed by atoms with van der Waals surface area (Å²) in [4.78, 5) is 2.43. The largest absolute Gasteiger partial charge is 0.326 e. The molecule has 3 heteroatoms. The molecule has 1 saturated heterocycles. The number of nitrogens with zero attached hydrogens (tertiary/aromatic N) is 1. The molecular weight excluding hydrogens is 263 g/mol. The highest BCUT2D eigenvalue weighted by Gasteiger charge is 2.26. The number of hydrogen-bond donors (Lipinski definition) is 1. The van der Waals surface area contributed by atoms with Crippen molar-refractivity contribution in [3.05, 3.63) is 71.0 Å². The zero-order valence-electron chi connectivity index (χ0n) is 12.1. The van der Waals surface area contributed by atoms with Crippen LogP contribution in [0.2, 0.25) is 0 Å². The molecule has 1 atom stereocenters. The van der Waals surface area contributed by atoms with Crippen molar-refractivity contribution in [2.75, 3.05) is 6.54 Å². The molecule has 110 valence electrons. The summed E-state index contributed by atoms with van der Waals surface area (Å²) in [5.41, 5.74) is 9.18. The predicted octanol–water partition coefficient (Wildman–Crippen LogP) is 3.62. The van der Waals surface area contributed by atoms with Crippen LogP contribution >= 0.6 is 0 Å². The highest BCUT2D eigenvalue weighted by atomic mass is 19.1. The van der Waals surface area contributed by atoms with Crippen molar-refractivity contribution in [1.82, 2.24) is 4.90 Å². The molecule has 2 aromatic rings. The first kappa shape index (κ1) is 14.2. The molecule has 1 fully saturated rings. The minimum absolute atomic E-state index is 0.183. The topological polar surface area (TPSA) is 29.3 Å². The standard InChI is InChI=1S/C18H21FN2/c19-17-9-8-15(12-20)16(11-17)13-21-10-4-7-18(21)14-5-2-1-3-6-14/h1-3,5-6,8-9,11,18H,4,7,10,12-13,20H2. The number of halogens is 1. The Morgan fingerprint density at radius 1 is 1.10 bits per heavy atom. The Bertz CT molecular complexity index is 597. The summed E-state index contributed by atoms with van der Waals surface area (Å²) in [6, 6.07) is 15.9. The number of rotatable bonds is 4. The van der Waals surface area contributed by atoms with E-state index in [0.717, 1.165) is 30.6 Å². The van der Waals surface area contributed by atoms with E-state index in [1.807, 2.05) is 6.07 Å². The molecule has 0 spiro atoms. The molecule has 1 unspecified atom stereocenters. The van der Waals surface area contributed by atoms with Crippen molar-refractivity contribution in [3.63, 3.8) is 0 Å². The third-order valence-electron chi connectivity index (χ3n) is 4.31. The van der Waals surface area contributed by atoms with Gasteiger partial charge in [-0.1, -0.05) is 36.4 Å². The van der Waals surface area contributed by atoms with Crippen LogP contribution in [0.5, 0.6) is 0 Å². The van der Waals surface area contributed by atoms with Crippen LogP contribution in [0.15, 0.2) is 48.5 Å². The van der Waals surface area contributed by atoms with Crippen molar-refractivity contribution in [1.29, 1.82) is 0 Å². The van der Waals surface area contributed by atoms with Crippen LogP contribution in [-0.4, -0.2) is 11.4 Å². The van der Waals surface area contributed by atoms with Crippen LogP contribution in [0.1, 0.15) is 35.6 Å². The fourth-order valence-electron chi connectivity index (χ4n) is 3.23. The van der Waals surface area contributed by atoms with Crippen molar-refractivity contribution < 1.29 is 4.39 Å². The van der Waals surface area contributed by atoms with E-state index in [0.29, 0.717) is 12.6 Å². The monoisotopic (exact) mass is 284 g/mol. The first-order valence-corrected chi connectivity index (χ1v) is 7.54. The Hall–Kier alpha value is -1.71. The number of benzene rings is 2. The van der Waals surface area contributed by atoms with E-state index in [2.05, 4.69) is 29.2 Å². The summed E-state index contributed by atoms with van der Waals surface area (Å²) < 4.78 is 13.5. The third kappa shape index (κ3) is 3.14. The normalized spacial score (nSPS) is 19.0. The quantitative estimate of drug-likeness (QED) is 0.929. The van der Waals surface area contributed by atoms with Gasteiger partial charge in [-0.15, -0.1) is 0 Å². The molecule has 1 heterocycles. The zero-order valence-corrected chi connectivity index (χ0v) is 12.1. The van der Waals surface area contributed by atoms with E-state index in [9.17, 15) is 4.39 Å².